The number of pyridine rings is 1. The van der Waals surface area contributed by atoms with Gasteiger partial charge in [-0.25, -0.2) is 4.98 Å². The zero-order valence-electron chi connectivity index (χ0n) is 9.16. The van der Waals surface area contributed by atoms with Crippen molar-refractivity contribution in [1.82, 2.24) is 4.98 Å². The average Bonchev–Trinajstić information content (AvgIpc) is 2.25. The second-order valence-corrected chi connectivity index (χ2v) is 4.00. The molecule has 0 fully saturated rings. The molecule has 0 bridgehead atoms. The maximum Gasteiger partial charge on any atom is 0.390 e. The molecule has 0 atom stereocenters. The highest BCUT2D eigenvalue weighted by molar-refractivity contribution is 7.80. The van der Waals surface area contributed by atoms with Gasteiger partial charge >= 0.3 is 6.18 Å². The van der Waals surface area contributed by atoms with Crippen molar-refractivity contribution in [3.63, 3.8) is 0 Å². The van der Waals surface area contributed by atoms with E-state index in [1.165, 1.54) is 11.1 Å². The maximum atomic E-state index is 12.0. The van der Waals surface area contributed by atoms with Crippen LogP contribution in [0.2, 0.25) is 0 Å². The molecule has 0 aliphatic rings. The van der Waals surface area contributed by atoms with Gasteiger partial charge in [-0.2, -0.15) is 13.2 Å². The number of nitrogens with two attached hydrogens (primary N) is 1. The molecule has 2 N–H and O–H groups in total. The molecular formula is C10H12F3N3S. The van der Waals surface area contributed by atoms with Crippen molar-refractivity contribution in [2.75, 3.05) is 18.5 Å². The maximum absolute atomic E-state index is 12.0. The van der Waals surface area contributed by atoms with Gasteiger partial charge in [0.25, 0.3) is 0 Å². The molecule has 1 aromatic heterocycles. The van der Waals surface area contributed by atoms with Gasteiger partial charge in [-0.3, -0.25) is 0 Å². The molecule has 94 valence electrons. The first-order valence-corrected chi connectivity index (χ1v) is 5.24. The van der Waals surface area contributed by atoms with E-state index in [0.717, 1.165) is 0 Å². The highest BCUT2D eigenvalue weighted by Gasteiger charge is 2.27. The van der Waals surface area contributed by atoms with E-state index in [0.29, 0.717) is 11.4 Å². The smallest absolute Gasteiger partial charge is 0.389 e. The lowest BCUT2D eigenvalue weighted by Crippen LogP contribution is -2.24. The molecule has 0 aromatic carbocycles. The van der Waals surface area contributed by atoms with Crippen LogP contribution in [0.3, 0.4) is 0 Å². The fourth-order valence-corrected chi connectivity index (χ4v) is 1.29. The van der Waals surface area contributed by atoms with E-state index in [4.69, 9.17) is 18.0 Å². The largest absolute Gasteiger partial charge is 0.390 e. The Morgan fingerprint density at radius 2 is 2.12 bits per heavy atom. The van der Waals surface area contributed by atoms with Gasteiger partial charge in [0.1, 0.15) is 10.8 Å². The Morgan fingerprint density at radius 3 is 2.53 bits per heavy atom. The number of rotatable bonds is 4. The highest BCUT2D eigenvalue weighted by Crippen LogP contribution is 2.20. The van der Waals surface area contributed by atoms with Gasteiger partial charge in [0.15, 0.2) is 0 Å². The zero-order valence-corrected chi connectivity index (χ0v) is 9.98. The normalized spacial score (nSPS) is 11.3. The van der Waals surface area contributed by atoms with Gasteiger partial charge in [0.05, 0.1) is 6.42 Å². The summed E-state index contributed by atoms with van der Waals surface area (Å²) in [5.74, 6) is 0.453. The molecule has 1 aromatic rings. The molecule has 1 heterocycles. The van der Waals surface area contributed by atoms with Crippen LogP contribution in [0.25, 0.3) is 0 Å². The van der Waals surface area contributed by atoms with Gasteiger partial charge in [-0.1, -0.05) is 12.2 Å². The molecule has 0 aliphatic carbocycles. The molecular weight excluding hydrogens is 251 g/mol. The van der Waals surface area contributed by atoms with Crippen molar-refractivity contribution in [2.24, 2.45) is 5.73 Å². The van der Waals surface area contributed by atoms with Crippen molar-refractivity contribution in [3.05, 3.63) is 23.9 Å². The minimum Gasteiger partial charge on any atom is -0.389 e. The summed E-state index contributed by atoms with van der Waals surface area (Å²) in [7, 11) is 1.55. The van der Waals surface area contributed by atoms with Crippen LogP contribution >= 0.6 is 12.2 Å². The van der Waals surface area contributed by atoms with E-state index in [2.05, 4.69) is 4.98 Å². The van der Waals surface area contributed by atoms with Crippen LogP contribution in [-0.2, 0) is 0 Å². The second kappa shape index (κ2) is 5.31. The first kappa shape index (κ1) is 13.7. The van der Waals surface area contributed by atoms with Crippen LogP contribution in [0, 0.1) is 0 Å². The van der Waals surface area contributed by atoms with Gasteiger partial charge in [-0.15, -0.1) is 0 Å². The SMILES string of the molecule is CN(CCC(F)(F)F)c1ccc(C(N)=S)cn1. The Bertz CT molecular complexity index is 389. The summed E-state index contributed by atoms with van der Waals surface area (Å²) in [6.45, 7) is -0.136. The molecule has 0 radical (unpaired) electrons. The molecule has 0 aliphatic heterocycles. The summed E-state index contributed by atoms with van der Waals surface area (Å²) < 4.78 is 36.1. The molecule has 0 saturated carbocycles. The number of alkyl halides is 3. The number of halogens is 3. The lowest BCUT2D eigenvalue weighted by molar-refractivity contribution is -0.132. The van der Waals surface area contributed by atoms with Crippen LogP contribution in [0.1, 0.15) is 12.0 Å². The molecule has 0 unspecified atom stereocenters. The third-order valence-electron chi connectivity index (χ3n) is 2.15. The van der Waals surface area contributed by atoms with Crippen LogP contribution in [0.4, 0.5) is 19.0 Å². The van der Waals surface area contributed by atoms with Crippen molar-refractivity contribution in [3.8, 4) is 0 Å². The van der Waals surface area contributed by atoms with Crippen molar-refractivity contribution >= 4 is 23.0 Å². The zero-order chi connectivity index (χ0) is 13.1. The first-order chi connectivity index (χ1) is 7.79. The van der Waals surface area contributed by atoms with E-state index in [9.17, 15) is 13.2 Å². The topological polar surface area (TPSA) is 42.1 Å². The highest BCUT2D eigenvalue weighted by atomic mass is 32.1. The van der Waals surface area contributed by atoms with Crippen LogP contribution in [-0.4, -0.2) is 29.7 Å². The van der Waals surface area contributed by atoms with E-state index < -0.39 is 12.6 Å². The monoisotopic (exact) mass is 263 g/mol. The minimum atomic E-state index is -4.16. The summed E-state index contributed by atoms with van der Waals surface area (Å²) >= 11 is 4.75. The predicted molar refractivity (Wildman–Crippen MR) is 64.1 cm³/mol. The number of nitrogens with zero attached hydrogens (tertiary/aromatic N) is 2. The van der Waals surface area contributed by atoms with Crippen LogP contribution < -0.4 is 10.6 Å². The fourth-order valence-electron chi connectivity index (χ4n) is 1.17. The Hall–Kier alpha value is -1.37. The summed E-state index contributed by atoms with van der Waals surface area (Å²) in [6, 6.07) is 3.22. The average molecular weight is 263 g/mol. The molecule has 0 amide bonds. The summed E-state index contributed by atoms with van der Waals surface area (Å²) in [5.41, 5.74) is 5.98. The van der Waals surface area contributed by atoms with E-state index in [1.54, 1.807) is 19.2 Å². The number of hydrogen-bond donors (Lipinski definition) is 1. The second-order valence-electron chi connectivity index (χ2n) is 3.56. The van der Waals surface area contributed by atoms with Crippen LogP contribution in [0.5, 0.6) is 0 Å². The van der Waals surface area contributed by atoms with Crippen molar-refractivity contribution in [2.45, 2.75) is 12.6 Å². The minimum absolute atomic E-state index is 0.136. The summed E-state index contributed by atoms with van der Waals surface area (Å²) in [6.07, 6.45) is -3.59. The van der Waals surface area contributed by atoms with Crippen LogP contribution in [0.15, 0.2) is 18.3 Å². The summed E-state index contributed by atoms with van der Waals surface area (Å²) in [4.78, 5) is 5.63. The third kappa shape index (κ3) is 4.56. The Morgan fingerprint density at radius 1 is 1.47 bits per heavy atom. The fraction of sp³-hybridized carbons (Fsp3) is 0.400. The lowest BCUT2D eigenvalue weighted by atomic mass is 10.3. The molecule has 17 heavy (non-hydrogen) atoms. The van der Waals surface area contributed by atoms with Crippen molar-refractivity contribution in [1.29, 1.82) is 0 Å². The number of anilines is 1. The molecule has 0 saturated heterocycles. The number of thiocarbonyl (C=S) groups is 1. The number of hydrogen-bond acceptors (Lipinski definition) is 3. The predicted octanol–water partition coefficient (Wildman–Crippen LogP) is 2.10. The standard InChI is InChI=1S/C10H12F3N3S/c1-16(5-4-10(11,12)13)8-3-2-7(6-15-8)9(14)17/h2-3,6H,4-5H2,1H3,(H2,14,17). The van der Waals surface area contributed by atoms with Gasteiger partial charge < -0.3 is 10.6 Å². The van der Waals surface area contributed by atoms with Gasteiger partial charge in [0.2, 0.25) is 0 Å². The molecule has 3 nitrogen and oxygen atoms in total. The Balaban J connectivity index is 2.63. The molecule has 0 spiro atoms. The van der Waals surface area contributed by atoms with Crippen molar-refractivity contribution < 1.29 is 13.2 Å². The first-order valence-electron chi connectivity index (χ1n) is 4.83. The van der Waals surface area contributed by atoms with Gasteiger partial charge in [-0.05, 0) is 12.1 Å². The van der Waals surface area contributed by atoms with E-state index in [-0.39, 0.29) is 11.5 Å². The Kier molecular flexibility index (Phi) is 4.28. The Labute approximate surface area is 102 Å². The lowest BCUT2D eigenvalue weighted by Gasteiger charge is -2.19. The molecule has 7 heteroatoms. The van der Waals surface area contributed by atoms with Gasteiger partial charge in [0, 0.05) is 25.4 Å². The number of aromatic nitrogens is 1. The summed E-state index contributed by atoms with van der Waals surface area (Å²) in [5, 5.41) is 0. The van der Waals surface area contributed by atoms with E-state index in [1.807, 2.05) is 0 Å². The quantitative estimate of drug-likeness (QED) is 0.845. The third-order valence-corrected chi connectivity index (χ3v) is 2.39. The molecule has 1 rings (SSSR count). The van der Waals surface area contributed by atoms with E-state index >= 15 is 0 Å².